The third kappa shape index (κ3) is 7.12. The van der Waals surface area contributed by atoms with E-state index in [9.17, 15) is 4.79 Å². The number of aliphatic imine (C=N–C) groups is 1. The van der Waals surface area contributed by atoms with Crippen LogP contribution < -0.4 is 10.6 Å². The lowest BCUT2D eigenvalue weighted by atomic mass is 10.1. The van der Waals surface area contributed by atoms with Gasteiger partial charge in [0, 0.05) is 18.8 Å². The lowest BCUT2D eigenvalue weighted by Crippen LogP contribution is -2.46. The van der Waals surface area contributed by atoms with E-state index in [1.807, 2.05) is 35.2 Å². The summed E-state index contributed by atoms with van der Waals surface area (Å²) in [6.07, 6.45) is 0. The molecule has 1 saturated heterocycles. The molecule has 0 aliphatic carbocycles. The first-order chi connectivity index (χ1) is 13.2. The molecular formula is C21H27IN4O2. The molecule has 1 aliphatic rings. The molecule has 0 aromatic heterocycles. The number of carbonyl (C=O) groups excluding carboxylic acids is 1. The van der Waals surface area contributed by atoms with Crippen LogP contribution in [0.4, 0.5) is 5.69 Å². The fraction of sp³-hybridized carbons (Fsp3) is 0.333. The average Bonchev–Trinajstić information content (AvgIpc) is 2.72. The molecular weight excluding hydrogens is 467 g/mol. The predicted molar refractivity (Wildman–Crippen MR) is 123 cm³/mol. The quantitative estimate of drug-likeness (QED) is 0.381. The van der Waals surface area contributed by atoms with Crippen LogP contribution in [0.5, 0.6) is 0 Å². The van der Waals surface area contributed by atoms with E-state index < -0.39 is 0 Å². The highest BCUT2D eigenvalue weighted by molar-refractivity contribution is 14.0. The lowest BCUT2D eigenvalue weighted by molar-refractivity contribution is -0.134. The zero-order chi connectivity index (χ0) is 18.9. The van der Waals surface area contributed by atoms with Gasteiger partial charge in [0.1, 0.15) is 0 Å². The number of hydrogen-bond donors (Lipinski definition) is 2. The number of carbonyl (C=O) groups is 1. The Morgan fingerprint density at radius 2 is 1.75 bits per heavy atom. The van der Waals surface area contributed by atoms with E-state index in [1.165, 1.54) is 5.56 Å². The summed E-state index contributed by atoms with van der Waals surface area (Å²) >= 11 is 0. The molecule has 0 atom stereocenters. The number of nitrogens with zero attached hydrogens (tertiary/aromatic N) is 2. The second-order valence-corrected chi connectivity index (χ2v) is 6.49. The van der Waals surface area contributed by atoms with Gasteiger partial charge in [-0.3, -0.25) is 4.79 Å². The number of ether oxygens (including phenoxy) is 1. The molecule has 0 radical (unpaired) electrons. The monoisotopic (exact) mass is 494 g/mol. The molecule has 1 amide bonds. The Morgan fingerprint density at radius 1 is 1.07 bits per heavy atom. The fourth-order valence-electron chi connectivity index (χ4n) is 2.75. The number of guanidine groups is 1. The van der Waals surface area contributed by atoms with Gasteiger partial charge in [-0.1, -0.05) is 48.0 Å². The van der Waals surface area contributed by atoms with Crippen molar-refractivity contribution >= 4 is 41.5 Å². The summed E-state index contributed by atoms with van der Waals surface area (Å²) < 4.78 is 5.30. The summed E-state index contributed by atoms with van der Waals surface area (Å²) in [5.41, 5.74) is 3.26. The zero-order valence-corrected chi connectivity index (χ0v) is 18.4. The third-order valence-electron chi connectivity index (χ3n) is 4.35. The highest BCUT2D eigenvalue weighted by atomic mass is 127. The molecule has 0 bridgehead atoms. The van der Waals surface area contributed by atoms with Crippen LogP contribution in [0.25, 0.3) is 0 Å². The van der Waals surface area contributed by atoms with Crippen LogP contribution in [-0.4, -0.2) is 49.6 Å². The van der Waals surface area contributed by atoms with Crippen molar-refractivity contribution in [2.45, 2.75) is 13.5 Å². The normalized spacial score (nSPS) is 14.2. The Morgan fingerprint density at radius 3 is 2.43 bits per heavy atom. The van der Waals surface area contributed by atoms with Crippen LogP contribution in [0.3, 0.4) is 0 Å². The van der Waals surface area contributed by atoms with Gasteiger partial charge in [0.05, 0.1) is 26.3 Å². The van der Waals surface area contributed by atoms with Crippen LogP contribution in [0.1, 0.15) is 11.1 Å². The van der Waals surface area contributed by atoms with Gasteiger partial charge >= 0.3 is 0 Å². The van der Waals surface area contributed by atoms with Crippen molar-refractivity contribution in [3.05, 3.63) is 65.7 Å². The molecule has 28 heavy (non-hydrogen) atoms. The van der Waals surface area contributed by atoms with Crippen molar-refractivity contribution in [1.82, 2.24) is 10.2 Å². The molecule has 0 saturated carbocycles. The van der Waals surface area contributed by atoms with Crippen molar-refractivity contribution in [2.75, 3.05) is 38.2 Å². The summed E-state index contributed by atoms with van der Waals surface area (Å²) in [5, 5.41) is 6.42. The van der Waals surface area contributed by atoms with E-state index in [2.05, 4.69) is 46.8 Å². The first kappa shape index (κ1) is 22.2. The number of hydrogen-bond acceptors (Lipinski definition) is 3. The number of anilines is 1. The number of para-hydroxylation sites is 1. The second-order valence-electron chi connectivity index (χ2n) is 6.49. The molecule has 2 aromatic rings. The lowest BCUT2D eigenvalue weighted by Gasteiger charge is -2.27. The first-order valence-corrected chi connectivity index (χ1v) is 9.22. The third-order valence-corrected chi connectivity index (χ3v) is 4.35. The van der Waals surface area contributed by atoms with Gasteiger partial charge in [0.25, 0.3) is 0 Å². The highest BCUT2D eigenvalue weighted by Gasteiger charge is 2.16. The van der Waals surface area contributed by atoms with E-state index in [0.29, 0.717) is 38.8 Å². The molecule has 3 rings (SSSR count). The van der Waals surface area contributed by atoms with Crippen molar-refractivity contribution in [1.29, 1.82) is 0 Å². The molecule has 1 aliphatic heterocycles. The summed E-state index contributed by atoms with van der Waals surface area (Å²) in [6.45, 7) is 5.28. The topological polar surface area (TPSA) is 66.0 Å². The second kappa shape index (κ2) is 11.7. The van der Waals surface area contributed by atoms with Crippen LogP contribution in [-0.2, 0) is 16.1 Å². The Labute approximate surface area is 183 Å². The molecule has 150 valence electrons. The molecule has 1 fully saturated rings. The Balaban J connectivity index is 0.00000280. The Hall–Kier alpha value is -2.13. The Bertz CT molecular complexity index is 760. The molecule has 0 spiro atoms. The molecule has 7 heteroatoms. The maximum Gasteiger partial charge on any atom is 0.242 e. The van der Waals surface area contributed by atoms with Crippen molar-refractivity contribution in [3.63, 3.8) is 0 Å². The minimum absolute atomic E-state index is 0. The van der Waals surface area contributed by atoms with E-state index in [0.717, 1.165) is 11.3 Å². The van der Waals surface area contributed by atoms with Crippen LogP contribution in [0.15, 0.2) is 59.6 Å². The minimum atomic E-state index is 0. The molecule has 2 N–H and O–H groups in total. The van der Waals surface area contributed by atoms with Gasteiger partial charge in [-0.25, -0.2) is 4.99 Å². The van der Waals surface area contributed by atoms with E-state index >= 15 is 0 Å². The number of halogens is 1. The maximum atomic E-state index is 12.4. The smallest absolute Gasteiger partial charge is 0.242 e. The molecule has 1 heterocycles. The number of morpholine rings is 1. The summed E-state index contributed by atoms with van der Waals surface area (Å²) in [5.74, 6) is 0.639. The van der Waals surface area contributed by atoms with Gasteiger partial charge in [-0.05, 0) is 24.6 Å². The largest absolute Gasteiger partial charge is 0.378 e. The number of amides is 1. The fourth-order valence-corrected chi connectivity index (χ4v) is 2.75. The van der Waals surface area contributed by atoms with Crippen molar-refractivity contribution in [3.8, 4) is 0 Å². The summed E-state index contributed by atoms with van der Waals surface area (Å²) in [6, 6.07) is 18.1. The number of rotatable bonds is 5. The maximum absolute atomic E-state index is 12.4. The van der Waals surface area contributed by atoms with Gasteiger partial charge in [0.2, 0.25) is 5.91 Å². The molecule has 2 aromatic carbocycles. The number of aryl methyl sites for hydroxylation is 1. The number of benzene rings is 2. The van der Waals surface area contributed by atoms with Crippen LogP contribution in [0.2, 0.25) is 0 Å². The van der Waals surface area contributed by atoms with Gasteiger partial charge in [-0.2, -0.15) is 0 Å². The van der Waals surface area contributed by atoms with Gasteiger partial charge in [0.15, 0.2) is 5.96 Å². The Kier molecular flexibility index (Phi) is 9.22. The van der Waals surface area contributed by atoms with Crippen LogP contribution in [0, 0.1) is 6.92 Å². The molecule has 0 unspecified atom stereocenters. The highest BCUT2D eigenvalue weighted by Crippen LogP contribution is 2.07. The van der Waals surface area contributed by atoms with Crippen molar-refractivity contribution < 1.29 is 9.53 Å². The minimum Gasteiger partial charge on any atom is -0.378 e. The van der Waals surface area contributed by atoms with Gasteiger partial charge in [-0.15, -0.1) is 24.0 Å². The number of nitrogens with one attached hydrogen (secondary N) is 2. The summed E-state index contributed by atoms with van der Waals surface area (Å²) in [4.78, 5) is 18.8. The van der Waals surface area contributed by atoms with E-state index in [-0.39, 0.29) is 36.4 Å². The average molecular weight is 494 g/mol. The zero-order valence-electron chi connectivity index (χ0n) is 16.1. The van der Waals surface area contributed by atoms with E-state index in [1.54, 1.807) is 0 Å². The summed E-state index contributed by atoms with van der Waals surface area (Å²) in [7, 11) is 0. The SMILES string of the molecule is Cc1ccc(CN=C(NCC(=O)N2CCOCC2)Nc2ccccc2)cc1.I. The van der Waals surface area contributed by atoms with Crippen LogP contribution >= 0.6 is 24.0 Å². The van der Waals surface area contributed by atoms with Gasteiger partial charge < -0.3 is 20.3 Å². The first-order valence-electron chi connectivity index (χ1n) is 9.22. The van der Waals surface area contributed by atoms with Crippen molar-refractivity contribution in [2.24, 2.45) is 4.99 Å². The van der Waals surface area contributed by atoms with E-state index in [4.69, 9.17) is 4.74 Å². The predicted octanol–water partition coefficient (Wildman–Crippen LogP) is 3.03. The standard InChI is InChI=1S/C21H26N4O2.HI/c1-17-7-9-18(10-8-17)15-22-21(24-19-5-3-2-4-6-19)23-16-20(26)25-11-13-27-14-12-25;/h2-10H,11-16H2,1H3,(H2,22,23,24);1H. The molecule has 6 nitrogen and oxygen atoms in total.